The first kappa shape index (κ1) is 13.5. The third-order valence-electron chi connectivity index (χ3n) is 3.18. The Hall–Kier alpha value is -0.570. The smallest absolute Gasteiger partial charge is 0.227 e. The van der Waals surface area contributed by atoms with E-state index in [0.29, 0.717) is 5.92 Å². The minimum atomic E-state index is -0.247. The third-order valence-corrected chi connectivity index (χ3v) is 3.18. The van der Waals surface area contributed by atoms with Crippen LogP contribution in [0.2, 0.25) is 0 Å². The number of carbonyl (C=O) groups is 1. The lowest BCUT2D eigenvalue weighted by molar-refractivity contribution is -0.141. The Morgan fingerprint density at radius 1 is 1.44 bits per heavy atom. The highest BCUT2D eigenvalue weighted by Gasteiger charge is 2.30. The second-order valence-corrected chi connectivity index (χ2v) is 5.79. The zero-order valence-corrected chi connectivity index (χ0v) is 11.1. The second kappa shape index (κ2) is 5.67. The summed E-state index contributed by atoms with van der Waals surface area (Å²) in [6.07, 6.45) is 3.44. The molecule has 94 valence electrons. The number of amides is 1. The van der Waals surface area contributed by atoms with Gasteiger partial charge >= 0.3 is 0 Å². The third kappa shape index (κ3) is 3.78. The van der Waals surface area contributed by atoms with Crippen molar-refractivity contribution in [2.75, 3.05) is 26.8 Å². The first-order valence-corrected chi connectivity index (χ1v) is 6.23. The van der Waals surface area contributed by atoms with Gasteiger partial charge in [-0.3, -0.25) is 4.79 Å². The van der Waals surface area contributed by atoms with Crippen molar-refractivity contribution in [1.82, 2.24) is 4.90 Å². The molecule has 1 atom stereocenters. The first-order valence-electron chi connectivity index (χ1n) is 6.23. The van der Waals surface area contributed by atoms with E-state index in [0.717, 1.165) is 32.5 Å². The maximum absolute atomic E-state index is 12.1. The summed E-state index contributed by atoms with van der Waals surface area (Å²) in [7, 11) is 1.74. The lowest BCUT2D eigenvalue weighted by Crippen LogP contribution is -2.45. The molecule has 0 radical (unpaired) electrons. The Kier molecular flexibility index (Phi) is 4.78. The van der Waals surface area contributed by atoms with Gasteiger partial charge < -0.3 is 9.64 Å². The highest BCUT2D eigenvalue weighted by Crippen LogP contribution is 2.24. The molecule has 1 aliphatic heterocycles. The van der Waals surface area contributed by atoms with Gasteiger partial charge in [-0.15, -0.1) is 0 Å². The predicted octanol–water partition coefficient (Wildman–Crippen LogP) is 2.31. The van der Waals surface area contributed by atoms with E-state index in [2.05, 4.69) is 0 Å². The molecule has 0 spiro atoms. The molecule has 0 aliphatic carbocycles. The molecule has 1 aliphatic rings. The van der Waals surface area contributed by atoms with Gasteiger partial charge in [-0.2, -0.15) is 0 Å². The van der Waals surface area contributed by atoms with Crippen LogP contribution in [-0.4, -0.2) is 37.6 Å². The van der Waals surface area contributed by atoms with Crippen LogP contribution >= 0.6 is 0 Å². The number of methoxy groups -OCH3 is 1. The van der Waals surface area contributed by atoms with Crippen molar-refractivity contribution < 1.29 is 9.53 Å². The van der Waals surface area contributed by atoms with Crippen molar-refractivity contribution in [2.45, 2.75) is 40.0 Å². The number of ether oxygens (including phenoxy) is 1. The molecule has 0 saturated carbocycles. The molecule has 1 unspecified atom stereocenters. The van der Waals surface area contributed by atoms with Gasteiger partial charge in [-0.05, 0) is 25.2 Å². The van der Waals surface area contributed by atoms with Crippen LogP contribution < -0.4 is 0 Å². The second-order valence-electron chi connectivity index (χ2n) is 5.79. The number of likely N-dealkylation sites (tertiary alicyclic amines) is 1. The predicted molar refractivity (Wildman–Crippen MR) is 65.3 cm³/mol. The fraction of sp³-hybridized carbons (Fsp3) is 0.923. The lowest BCUT2D eigenvalue weighted by Gasteiger charge is -2.36. The Morgan fingerprint density at radius 2 is 2.12 bits per heavy atom. The summed E-state index contributed by atoms with van der Waals surface area (Å²) < 4.78 is 5.10. The monoisotopic (exact) mass is 227 g/mol. The maximum atomic E-state index is 12.1. The van der Waals surface area contributed by atoms with Crippen LogP contribution in [0.4, 0.5) is 0 Å². The van der Waals surface area contributed by atoms with Crippen LogP contribution in [0, 0.1) is 11.3 Å². The number of hydrogen-bond donors (Lipinski definition) is 0. The molecule has 1 heterocycles. The molecule has 1 fully saturated rings. The van der Waals surface area contributed by atoms with Crippen LogP contribution in [0.1, 0.15) is 40.0 Å². The van der Waals surface area contributed by atoms with Crippen molar-refractivity contribution in [1.29, 1.82) is 0 Å². The van der Waals surface area contributed by atoms with Gasteiger partial charge in [0.05, 0.1) is 0 Å². The van der Waals surface area contributed by atoms with Gasteiger partial charge in [0, 0.05) is 32.2 Å². The van der Waals surface area contributed by atoms with E-state index in [1.54, 1.807) is 7.11 Å². The quantitative estimate of drug-likeness (QED) is 0.740. The minimum absolute atomic E-state index is 0.247. The number of carbonyl (C=O) groups excluding carboxylic acids is 1. The van der Waals surface area contributed by atoms with E-state index in [-0.39, 0.29) is 11.3 Å². The van der Waals surface area contributed by atoms with Crippen LogP contribution in [0.5, 0.6) is 0 Å². The zero-order chi connectivity index (χ0) is 12.2. The number of rotatable bonds is 3. The van der Waals surface area contributed by atoms with Gasteiger partial charge in [0.2, 0.25) is 5.91 Å². The van der Waals surface area contributed by atoms with E-state index >= 15 is 0 Å². The fourth-order valence-corrected chi connectivity index (χ4v) is 2.24. The molecule has 0 aromatic rings. The summed E-state index contributed by atoms with van der Waals surface area (Å²) >= 11 is 0. The standard InChI is InChI=1S/C13H25NO2/c1-13(2,3)12(15)14-8-5-6-11(10-14)7-9-16-4/h11H,5-10H2,1-4H3. The van der Waals surface area contributed by atoms with Crippen LogP contribution in [0.15, 0.2) is 0 Å². The molecule has 1 amide bonds. The van der Waals surface area contributed by atoms with Gasteiger partial charge in [0.1, 0.15) is 0 Å². The van der Waals surface area contributed by atoms with Crippen LogP contribution in [-0.2, 0) is 9.53 Å². The van der Waals surface area contributed by atoms with E-state index in [1.807, 2.05) is 25.7 Å². The molecular weight excluding hydrogens is 202 g/mol. The average molecular weight is 227 g/mol. The highest BCUT2D eigenvalue weighted by atomic mass is 16.5. The molecule has 0 bridgehead atoms. The summed E-state index contributed by atoms with van der Waals surface area (Å²) in [4.78, 5) is 14.2. The Labute approximate surface area is 99.1 Å². The van der Waals surface area contributed by atoms with Crippen molar-refractivity contribution in [3.8, 4) is 0 Å². The molecule has 0 N–H and O–H groups in total. The van der Waals surface area contributed by atoms with Crippen molar-refractivity contribution in [3.05, 3.63) is 0 Å². The van der Waals surface area contributed by atoms with E-state index < -0.39 is 0 Å². The summed E-state index contributed by atoms with van der Waals surface area (Å²) in [5, 5.41) is 0. The molecule has 1 rings (SSSR count). The number of nitrogens with zero attached hydrogens (tertiary/aromatic N) is 1. The lowest BCUT2D eigenvalue weighted by atomic mass is 9.90. The Bertz CT molecular complexity index is 233. The van der Waals surface area contributed by atoms with Crippen molar-refractivity contribution >= 4 is 5.91 Å². The Balaban J connectivity index is 2.47. The molecule has 0 aromatic heterocycles. The summed E-state index contributed by atoms with van der Waals surface area (Å²) in [6, 6.07) is 0. The van der Waals surface area contributed by atoms with Crippen LogP contribution in [0.25, 0.3) is 0 Å². The summed E-state index contributed by atoms with van der Waals surface area (Å²) in [5.74, 6) is 0.912. The summed E-state index contributed by atoms with van der Waals surface area (Å²) in [6.45, 7) is 8.64. The average Bonchev–Trinajstić information content (AvgIpc) is 2.24. The largest absolute Gasteiger partial charge is 0.385 e. The molecule has 16 heavy (non-hydrogen) atoms. The van der Waals surface area contributed by atoms with E-state index in [1.165, 1.54) is 6.42 Å². The SMILES string of the molecule is COCCC1CCCN(C(=O)C(C)(C)C)C1. The molecule has 3 heteroatoms. The van der Waals surface area contributed by atoms with Gasteiger partial charge in [0.15, 0.2) is 0 Å². The van der Waals surface area contributed by atoms with E-state index in [9.17, 15) is 4.79 Å². The van der Waals surface area contributed by atoms with Gasteiger partial charge in [-0.25, -0.2) is 0 Å². The Morgan fingerprint density at radius 3 is 2.69 bits per heavy atom. The van der Waals surface area contributed by atoms with E-state index in [4.69, 9.17) is 4.74 Å². The fourth-order valence-electron chi connectivity index (χ4n) is 2.24. The molecule has 0 aromatic carbocycles. The summed E-state index contributed by atoms with van der Waals surface area (Å²) in [5.41, 5.74) is -0.247. The number of piperidine rings is 1. The van der Waals surface area contributed by atoms with Crippen molar-refractivity contribution in [3.63, 3.8) is 0 Å². The highest BCUT2D eigenvalue weighted by molar-refractivity contribution is 5.81. The van der Waals surface area contributed by atoms with Crippen LogP contribution in [0.3, 0.4) is 0 Å². The molecule has 3 nitrogen and oxygen atoms in total. The molecule has 1 saturated heterocycles. The number of hydrogen-bond acceptors (Lipinski definition) is 2. The molecular formula is C13H25NO2. The van der Waals surface area contributed by atoms with Gasteiger partial charge in [0.25, 0.3) is 0 Å². The topological polar surface area (TPSA) is 29.5 Å². The maximum Gasteiger partial charge on any atom is 0.227 e. The van der Waals surface area contributed by atoms with Gasteiger partial charge in [-0.1, -0.05) is 20.8 Å². The van der Waals surface area contributed by atoms with Crippen molar-refractivity contribution in [2.24, 2.45) is 11.3 Å². The first-order chi connectivity index (χ1) is 7.45. The minimum Gasteiger partial charge on any atom is -0.385 e. The normalized spacial score (nSPS) is 22.2. The zero-order valence-electron chi connectivity index (χ0n) is 11.1.